The zero-order chi connectivity index (χ0) is 20.4. The number of rotatable bonds is 5. The zero-order valence-electron chi connectivity index (χ0n) is 16.1. The Labute approximate surface area is 169 Å². The van der Waals surface area contributed by atoms with Crippen molar-refractivity contribution in [1.29, 1.82) is 5.26 Å². The van der Waals surface area contributed by atoms with E-state index < -0.39 is 23.1 Å². The first-order valence-electron chi connectivity index (χ1n) is 9.08. The molecule has 28 heavy (non-hydrogen) atoms. The second-order valence-corrected chi connectivity index (χ2v) is 7.32. The van der Waals surface area contributed by atoms with E-state index >= 15 is 0 Å². The van der Waals surface area contributed by atoms with E-state index in [0.717, 1.165) is 11.1 Å². The van der Waals surface area contributed by atoms with Crippen molar-refractivity contribution in [2.75, 3.05) is 13.7 Å². The minimum Gasteiger partial charge on any atom is -0.495 e. The molecule has 0 aromatic heterocycles. The lowest BCUT2D eigenvalue weighted by Crippen LogP contribution is -2.44. The van der Waals surface area contributed by atoms with Gasteiger partial charge in [-0.05, 0) is 43.5 Å². The molecule has 0 N–H and O–H groups in total. The van der Waals surface area contributed by atoms with Crippen LogP contribution in [0, 0.1) is 11.3 Å². The molecule has 0 saturated carbocycles. The van der Waals surface area contributed by atoms with Gasteiger partial charge in [-0.1, -0.05) is 48.0 Å². The summed E-state index contributed by atoms with van der Waals surface area (Å²) in [7, 11) is 1.53. The number of hydrogen-bond donors (Lipinski definition) is 0. The molecule has 5 nitrogen and oxygen atoms in total. The second-order valence-electron chi connectivity index (χ2n) is 6.92. The van der Waals surface area contributed by atoms with Gasteiger partial charge in [0.15, 0.2) is 0 Å². The van der Waals surface area contributed by atoms with Crippen LogP contribution in [0.3, 0.4) is 0 Å². The second kappa shape index (κ2) is 7.83. The highest BCUT2D eigenvalue weighted by molar-refractivity contribution is 6.32. The van der Waals surface area contributed by atoms with Crippen LogP contribution in [-0.2, 0) is 19.9 Å². The van der Waals surface area contributed by atoms with Gasteiger partial charge in [0, 0.05) is 5.92 Å². The van der Waals surface area contributed by atoms with Gasteiger partial charge in [0.05, 0.1) is 24.3 Å². The molecule has 0 bridgehead atoms. The molecule has 1 aliphatic heterocycles. The topological polar surface area (TPSA) is 68.6 Å². The van der Waals surface area contributed by atoms with Crippen LogP contribution in [0.1, 0.15) is 37.3 Å². The van der Waals surface area contributed by atoms with Crippen LogP contribution in [0.25, 0.3) is 0 Å². The van der Waals surface area contributed by atoms with Crippen molar-refractivity contribution in [1.82, 2.24) is 0 Å². The molecule has 1 aliphatic rings. The lowest BCUT2D eigenvalue weighted by Gasteiger charge is -2.28. The van der Waals surface area contributed by atoms with Gasteiger partial charge in [0.2, 0.25) is 0 Å². The molecule has 6 heteroatoms. The molecule has 2 aromatic carbocycles. The third kappa shape index (κ3) is 3.34. The average Bonchev–Trinajstić information content (AvgIpc) is 3.04. The van der Waals surface area contributed by atoms with Crippen LogP contribution in [0.2, 0.25) is 5.02 Å². The van der Waals surface area contributed by atoms with Crippen molar-refractivity contribution in [2.45, 2.75) is 37.4 Å². The molecule has 0 amide bonds. The first-order chi connectivity index (χ1) is 13.4. The Morgan fingerprint density at radius 1 is 1.32 bits per heavy atom. The standard InChI is InChI=1S/C22H22ClNO4/c1-4-27-20(25)22(14-24)17(15-10-11-19(26-3)18(23)12-15)13-21(2,28-22)16-8-6-5-7-9-16/h5-12,17H,4,13H2,1-3H3/t17-,21-,22?/m0/s1. The number of hydrogen-bond acceptors (Lipinski definition) is 5. The highest BCUT2D eigenvalue weighted by Gasteiger charge is 2.61. The quantitative estimate of drug-likeness (QED) is 0.687. The lowest BCUT2D eigenvalue weighted by atomic mass is 9.78. The van der Waals surface area contributed by atoms with Gasteiger partial charge < -0.3 is 14.2 Å². The fourth-order valence-electron chi connectivity index (χ4n) is 3.79. The maximum Gasteiger partial charge on any atom is 0.354 e. The average molecular weight is 400 g/mol. The number of esters is 1. The summed E-state index contributed by atoms with van der Waals surface area (Å²) in [6, 6.07) is 16.9. The first-order valence-corrected chi connectivity index (χ1v) is 9.45. The molecule has 1 fully saturated rings. The van der Waals surface area contributed by atoms with E-state index in [1.165, 1.54) is 7.11 Å². The lowest BCUT2D eigenvalue weighted by molar-refractivity contribution is -0.171. The SMILES string of the molecule is CCOC(=O)C1(C#N)O[C@](C)(c2ccccc2)C[C@H]1c1ccc(OC)c(Cl)c1. The van der Waals surface area contributed by atoms with Crippen LogP contribution in [-0.4, -0.2) is 25.3 Å². The molecule has 3 rings (SSSR count). The van der Waals surface area contributed by atoms with Crippen molar-refractivity contribution in [3.63, 3.8) is 0 Å². The third-order valence-electron chi connectivity index (χ3n) is 5.18. The number of carbonyl (C=O) groups excluding carboxylic acids is 1. The van der Waals surface area contributed by atoms with Crippen molar-refractivity contribution in [3.8, 4) is 11.8 Å². The normalized spacial score (nSPS) is 26.5. The monoisotopic (exact) mass is 399 g/mol. The zero-order valence-corrected chi connectivity index (χ0v) is 16.8. The van der Waals surface area contributed by atoms with Crippen molar-refractivity contribution < 1.29 is 19.0 Å². The number of carbonyl (C=O) groups is 1. The Hall–Kier alpha value is -2.55. The Kier molecular flexibility index (Phi) is 5.64. The van der Waals surface area contributed by atoms with Crippen LogP contribution in [0.15, 0.2) is 48.5 Å². The van der Waals surface area contributed by atoms with Crippen LogP contribution < -0.4 is 4.74 Å². The molecule has 2 aromatic rings. The molecule has 1 saturated heterocycles. The maximum atomic E-state index is 12.9. The largest absolute Gasteiger partial charge is 0.495 e. The maximum absolute atomic E-state index is 12.9. The van der Waals surface area contributed by atoms with E-state index in [2.05, 4.69) is 6.07 Å². The summed E-state index contributed by atoms with van der Waals surface area (Å²) in [5.41, 5.74) is -0.986. The van der Waals surface area contributed by atoms with Crippen molar-refractivity contribution >= 4 is 17.6 Å². The number of halogens is 1. The summed E-state index contributed by atoms with van der Waals surface area (Å²) in [5.74, 6) is -0.715. The van der Waals surface area contributed by atoms with Gasteiger partial charge in [-0.3, -0.25) is 0 Å². The molecular weight excluding hydrogens is 378 g/mol. The number of nitriles is 1. The summed E-state index contributed by atoms with van der Waals surface area (Å²) in [6.07, 6.45) is 0.423. The molecule has 1 unspecified atom stereocenters. The number of methoxy groups -OCH3 is 1. The van der Waals surface area contributed by atoms with Gasteiger partial charge in [-0.25, -0.2) is 4.79 Å². The number of benzene rings is 2. The molecule has 0 radical (unpaired) electrons. The summed E-state index contributed by atoms with van der Waals surface area (Å²) >= 11 is 6.31. The van der Waals surface area contributed by atoms with E-state index in [9.17, 15) is 10.1 Å². The highest BCUT2D eigenvalue weighted by atomic mass is 35.5. The number of ether oxygens (including phenoxy) is 3. The Bertz CT molecular complexity index is 910. The first kappa shape index (κ1) is 20.2. The molecule has 0 aliphatic carbocycles. The fourth-order valence-corrected chi connectivity index (χ4v) is 4.06. The fraction of sp³-hybridized carbons (Fsp3) is 0.364. The van der Waals surface area contributed by atoms with Crippen LogP contribution >= 0.6 is 11.6 Å². The van der Waals surface area contributed by atoms with E-state index in [1.54, 1.807) is 25.1 Å². The summed E-state index contributed by atoms with van der Waals surface area (Å²) in [4.78, 5) is 12.9. The third-order valence-corrected chi connectivity index (χ3v) is 5.47. The van der Waals surface area contributed by atoms with Crippen LogP contribution in [0.4, 0.5) is 0 Å². The Morgan fingerprint density at radius 3 is 2.61 bits per heavy atom. The van der Waals surface area contributed by atoms with Gasteiger partial charge in [-0.15, -0.1) is 0 Å². The van der Waals surface area contributed by atoms with Crippen molar-refractivity contribution in [2.24, 2.45) is 0 Å². The van der Waals surface area contributed by atoms with Gasteiger partial charge in [-0.2, -0.15) is 5.26 Å². The molecule has 0 spiro atoms. The Balaban J connectivity index is 2.12. The van der Waals surface area contributed by atoms with Crippen molar-refractivity contribution in [3.05, 3.63) is 64.7 Å². The van der Waals surface area contributed by atoms with E-state index in [4.69, 9.17) is 25.8 Å². The van der Waals surface area contributed by atoms with E-state index in [-0.39, 0.29) is 6.61 Å². The molecule has 3 atom stereocenters. The predicted octanol–water partition coefficient (Wildman–Crippen LogP) is 4.59. The van der Waals surface area contributed by atoms with E-state index in [0.29, 0.717) is 17.2 Å². The van der Waals surface area contributed by atoms with Gasteiger partial charge in [0.1, 0.15) is 11.8 Å². The highest BCUT2D eigenvalue weighted by Crippen LogP contribution is 2.53. The molecule has 1 heterocycles. The number of nitrogens with zero attached hydrogens (tertiary/aromatic N) is 1. The minimum absolute atomic E-state index is 0.157. The van der Waals surface area contributed by atoms with Crippen LogP contribution in [0.5, 0.6) is 5.75 Å². The summed E-state index contributed by atoms with van der Waals surface area (Å²) < 4.78 is 16.7. The van der Waals surface area contributed by atoms with Gasteiger partial charge >= 0.3 is 5.97 Å². The van der Waals surface area contributed by atoms with Gasteiger partial charge in [0.25, 0.3) is 5.60 Å². The predicted molar refractivity (Wildman–Crippen MR) is 105 cm³/mol. The smallest absolute Gasteiger partial charge is 0.354 e. The Morgan fingerprint density at radius 2 is 2.04 bits per heavy atom. The summed E-state index contributed by atoms with van der Waals surface area (Å²) in [5, 5.41) is 10.5. The minimum atomic E-state index is -1.77. The summed E-state index contributed by atoms with van der Waals surface area (Å²) in [6.45, 7) is 3.75. The van der Waals surface area contributed by atoms with E-state index in [1.807, 2.05) is 37.3 Å². The molecular formula is C22H22ClNO4. The molecule has 146 valence electrons.